The van der Waals surface area contributed by atoms with E-state index in [1.807, 2.05) is 50.1 Å². The van der Waals surface area contributed by atoms with Crippen LogP contribution in [0.3, 0.4) is 0 Å². The number of likely N-dealkylation sites (tertiary alicyclic amines) is 1. The van der Waals surface area contributed by atoms with Gasteiger partial charge < -0.3 is 15.0 Å². The molecule has 1 saturated heterocycles. The van der Waals surface area contributed by atoms with Crippen LogP contribution in [0.25, 0.3) is 0 Å². The molecule has 2 heterocycles. The van der Waals surface area contributed by atoms with E-state index >= 15 is 0 Å². The third-order valence-electron chi connectivity index (χ3n) is 3.64. The lowest BCUT2D eigenvalue weighted by Crippen LogP contribution is -2.45. The topological polar surface area (TPSA) is 54.5 Å². The molecule has 0 radical (unpaired) electrons. The summed E-state index contributed by atoms with van der Waals surface area (Å²) >= 11 is 0. The lowest BCUT2D eigenvalue weighted by Gasteiger charge is -2.34. The molecular weight excluding hydrogens is 278 g/mol. The van der Waals surface area contributed by atoms with E-state index in [1.165, 1.54) is 0 Å². The summed E-state index contributed by atoms with van der Waals surface area (Å²) < 4.78 is 5.46. The number of amides is 1. The van der Waals surface area contributed by atoms with Crippen molar-refractivity contribution in [3.8, 4) is 0 Å². The van der Waals surface area contributed by atoms with E-state index in [2.05, 4.69) is 10.3 Å². The number of carbonyl (C=O) groups excluding carboxylic acids is 1. The van der Waals surface area contributed by atoms with Crippen molar-refractivity contribution in [3.05, 3.63) is 30.1 Å². The van der Waals surface area contributed by atoms with Crippen molar-refractivity contribution >= 4 is 6.09 Å². The average molecular weight is 305 g/mol. The number of aromatic nitrogens is 1. The van der Waals surface area contributed by atoms with Crippen LogP contribution in [0.15, 0.2) is 24.4 Å². The first-order chi connectivity index (χ1) is 10.4. The molecule has 122 valence electrons. The first-order valence-electron chi connectivity index (χ1n) is 8.02. The molecule has 1 fully saturated rings. The molecule has 0 aliphatic carbocycles. The number of rotatable bonds is 4. The second kappa shape index (κ2) is 7.58. The number of nitrogens with zero attached hydrogens (tertiary/aromatic N) is 2. The summed E-state index contributed by atoms with van der Waals surface area (Å²) in [5.74, 6) is 0.477. The molecule has 0 spiro atoms. The Morgan fingerprint density at radius 1 is 1.45 bits per heavy atom. The second-order valence-corrected chi connectivity index (χ2v) is 6.89. The molecule has 2 rings (SSSR count). The molecule has 1 N–H and O–H groups in total. The number of nitrogens with one attached hydrogen (secondary N) is 1. The second-order valence-electron chi connectivity index (χ2n) is 6.89. The summed E-state index contributed by atoms with van der Waals surface area (Å²) in [6.07, 6.45) is 3.80. The van der Waals surface area contributed by atoms with Gasteiger partial charge in [0.15, 0.2) is 0 Å². The van der Waals surface area contributed by atoms with Crippen molar-refractivity contribution in [1.29, 1.82) is 0 Å². The van der Waals surface area contributed by atoms with Crippen molar-refractivity contribution in [2.75, 3.05) is 19.6 Å². The zero-order chi connectivity index (χ0) is 16.0. The van der Waals surface area contributed by atoms with Gasteiger partial charge >= 0.3 is 6.09 Å². The Morgan fingerprint density at radius 2 is 2.27 bits per heavy atom. The maximum atomic E-state index is 12.1. The largest absolute Gasteiger partial charge is 0.444 e. The SMILES string of the molecule is CC(C)(C)OC(=O)N1CCCC(CNCc2ccccn2)C1. The quantitative estimate of drug-likeness (QED) is 0.929. The van der Waals surface area contributed by atoms with Crippen molar-refractivity contribution in [2.24, 2.45) is 5.92 Å². The zero-order valence-electron chi connectivity index (χ0n) is 13.8. The van der Waals surface area contributed by atoms with Crippen LogP contribution in [-0.2, 0) is 11.3 Å². The molecule has 1 aromatic rings. The number of ether oxygens (including phenoxy) is 1. The zero-order valence-corrected chi connectivity index (χ0v) is 13.8. The molecule has 0 aromatic carbocycles. The van der Waals surface area contributed by atoms with Crippen LogP contribution in [0, 0.1) is 5.92 Å². The number of carbonyl (C=O) groups is 1. The van der Waals surface area contributed by atoms with Crippen molar-refractivity contribution in [2.45, 2.75) is 45.8 Å². The highest BCUT2D eigenvalue weighted by Gasteiger charge is 2.27. The number of hydrogen-bond acceptors (Lipinski definition) is 4. The van der Waals surface area contributed by atoms with Crippen LogP contribution in [0.5, 0.6) is 0 Å². The fourth-order valence-corrected chi connectivity index (χ4v) is 2.63. The highest BCUT2D eigenvalue weighted by Crippen LogP contribution is 2.18. The van der Waals surface area contributed by atoms with Crippen molar-refractivity contribution < 1.29 is 9.53 Å². The van der Waals surface area contributed by atoms with E-state index in [4.69, 9.17) is 4.74 Å². The normalized spacial score (nSPS) is 19.0. The molecule has 1 amide bonds. The number of pyridine rings is 1. The predicted octanol–water partition coefficient (Wildman–Crippen LogP) is 2.82. The monoisotopic (exact) mass is 305 g/mol. The summed E-state index contributed by atoms with van der Waals surface area (Å²) in [5.41, 5.74) is 0.614. The van der Waals surface area contributed by atoms with Crippen LogP contribution in [-0.4, -0.2) is 41.2 Å². The summed E-state index contributed by atoms with van der Waals surface area (Å²) in [6, 6.07) is 5.93. The molecule has 1 aliphatic heterocycles. The Kier molecular flexibility index (Phi) is 5.77. The molecular formula is C17H27N3O2. The molecule has 22 heavy (non-hydrogen) atoms. The van der Waals surface area contributed by atoms with E-state index in [0.29, 0.717) is 5.92 Å². The van der Waals surface area contributed by atoms with Gasteiger partial charge in [-0.05, 0) is 51.7 Å². The van der Waals surface area contributed by atoms with E-state index in [0.717, 1.165) is 44.7 Å². The van der Waals surface area contributed by atoms with Crippen molar-refractivity contribution in [1.82, 2.24) is 15.2 Å². The van der Waals surface area contributed by atoms with Gasteiger partial charge in [-0.3, -0.25) is 4.98 Å². The fraction of sp³-hybridized carbons (Fsp3) is 0.647. The minimum atomic E-state index is -0.429. The van der Waals surface area contributed by atoms with Crippen LogP contribution >= 0.6 is 0 Å². The fourth-order valence-electron chi connectivity index (χ4n) is 2.63. The Balaban J connectivity index is 1.75. The standard InChI is InChI=1S/C17H27N3O2/c1-17(2,3)22-16(21)20-10-6-7-14(13-20)11-18-12-15-8-4-5-9-19-15/h4-5,8-9,14,18H,6-7,10-13H2,1-3H3. The molecule has 0 saturated carbocycles. The van der Waals surface area contributed by atoms with Gasteiger partial charge in [-0.1, -0.05) is 6.07 Å². The maximum Gasteiger partial charge on any atom is 0.410 e. The highest BCUT2D eigenvalue weighted by molar-refractivity contribution is 5.68. The minimum Gasteiger partial charge on any atom is -0.444 e. The van der Waals surface area contributed by atoms with Crippen LogP contribution in [0.1, 0.15) is 39.3 Å². The third kappa shape index (κ3) is 5.64. The first-order valence-corrected chi connectivity index (χ1v) is 8.02. The molecule has 1 aliphatic rings. The van der Waals surface area contributed by atoms with Crippen molar-refractivity contribution in [3.63, 3.8) is 0 Å². The van der Waals surface area contributed by atoms with Gasteiger partial charge in [0.2, 0.25) is 0 Å². The summed E-state index contributed by atoms with van der Waals surface area (Å²) in [7, 11) is 0. The average Bonchev–Trinajstić information content (AvgIpc) is 2.47. The van der Waals surface area contributed by atoms with Crippen LogP contribution in [0.4, 0.5) is 4.79 Å². The van der Waals surface area contributed by atoms with E-state index in [1.54, 1.807) is 0 Å². The van der Waals surface area contributed by atoms with Gasteiger partial charge in [0.25, 0.3) is 0 Å². The van der Waals surface area contributed by atoms with E-state index in [-0.39, 0.29) is 6.09 Å². The molecule has 5 nitrogen and oxygen atoms in total. The maximum absolute atomic E-state index is 12.1. The third-order valence-corrected chi connectivity index (χ3v) is 3.64. The Hall–Kier alpha value is -1.62. The van der Waals surface area contributed by atoms with E-state index in [9.17, 15) is 4.79 Å². The summed E-state index contributed by atoms with van der Waals surface area (Å²) in [5, 5.41) is 3.44. The van der Waals surface area contributed by atoms with Gasteiger partial charge in [-0.2, -0.15) is 0 Å². The van der Waals surface area contributed by atoms with Gasteiger partial charge in [-0.15, -0.1) is 0 Å². The highest BCUT2D eigenvalue weighted by atomic mass is 16.6. The number of hydrogen-bond donors (Lipinski definition) is 1. The number of piperidine rings is 1. The molecule has 1 atom stereocenters. The van der Waals surface area contributed by atoms with Gasteiger partial charge in [0.05, 0.1) is 5.69 Å². The van der Waals surface area contributed by atoms with Gasteiger partial charge in [0.1, 0.15) is 5.60 Å². The Labute approximate surface area is 133 Å². The van der Waals surface area contributed by atoms with Gasteiger partial charge in [-0.25, -0.2) is 4.79 Å². The molecule has 5 heteroatoms. The smallest absolute Gasteiger partial charge is 0.410 e. The van der Waals surface area contributed by atoms with Crippen LogP contribution in [0.2, 0.25) is 0 Å². The lowest BCUT2D eigenvalue weighted by atomic mass is 9.98. The minimum absolute atomic E-state index is 0.193. The first kappa shape index (κ1) is 16.7. The van der Waals surface area contributed by atoms with E-state index < -0.39 is 5.60 Å². The Bertz CT molecular complexity index is 471. The summed E-state index contributed by atoms with van der Waals surface area (Å²) in [4.78, 5) is 18.3. The molecule has 1 aromatic heterocycles. The lowest BCUT2D eigenvalue weighted by molar-refractivity contribution is 0.0166. The molecule has 0 bridgehead atoms. The predicted molar refractivity (Wildman–Crippen MR) is 86.5 cm³/mol. The van der Waals surface area contributed by atoms with Crippen LogP contribution < -0.4 is 5.32 Å². The summed E-state index contributed by atoms with van der Waals surface area (Å²) in [6.45, 7) is 8.94. The molecule has 1 unspecified atom stereocenters. The Morgan fingerprint density at radius 3 is 2.95 bits per heavy atom. The van der Waals surface area contributed by atoms with Gasteiger partial charge in [0, 0.05) is 32.4 Å².